The first-order valence-corrected chi connectivity index (χ1v) is 7.82. The van der Waals surface area contributed by atoms with Gasteiger partial charge in [0, 0.05) is 10.5 Å². The number of hydrogen-bond acceptors (Lipinski definition) is 1. The predicted molar refractivity (Wildman–Crippen MR) is 79.8 cm³/mol. The Labute approximate surface area is 118 Å². The van der Waals surface area contributed by atoms with Crippen molar-refractivity contribution in [3.05, 3.63) is 45.4 Å². The van der Waals surface area contributed by atoms with Crippen molar-refractivity contribution in [1.82, 2.24) is 5.32 Å². The summed E-state index contributed by atoms with van der Waals surface area (Å²) in [5, 5.41) is 3.73. The van der Waals surface area contributed by atoms with Gasteiger partial charge in [0.25, 0.3) is 0 Å². The van der Waals surface area contributed by atoms with E-state index in [1.54, 1.807) is 5.57 Å². The molecule has 2 heteroatoms. The maximum Gasteiger partial charge on any atom is 0.0326 e. The largest absolute Gasteiger partial charge is 0.310 e. The van der Waals surface area contributed by atoms with Gasteiger partial charge in [-0.15, -0.1) is 0 Å². The van der Waals surface area contributed by atoms with Crippen molar-refractivity contribution in [2.45, 2.75) is 44.6 Å². The molecule has 0 heterocycles. The summed E-state index contributed by atoms with van der Waals surface area (Å²) in [4.78, 5) is 0. The molecule has 2 aliphatic carbocycles. The van der Waals surface area contributed by atoms with Crippen LogP contribution >= 0.6 is 15.9 Å². The van der Waals surface area contributed by atoms with E-state index in [2.05, 4.69) is 45.5 Å². The number of hydrogen-bond donors (Lipinski definition) is 1. The molecule has 0 amide bonds. The molecule has 0 aromatic heterocycles. The van der Waals surface area contributed by atoms with Crippen LogP contribution in [-0.4, -0.2) is 6.54 Å². The van der Waals surface area contributed by atoms with Gasteiger partial charge in [-0.1, -0.05) is 33.6 Å². The molecule has 1 aromatic rings. The van der Waals surface area contributed by atoms with E-state index in [0.29, 0.717) is 6.04 Å². The van der Waals surface area contributed by atoms with Gasteiger partial charge in [0.15, 0.2) is 0 Å². The highest BCUT2D eigenvalue weighted by Gasteiger charge is 2.21. The molecule has 0 saturated heterocycles. The molecule has 1 N–H and O–H groups in total. The third kappa shape index (κ3) is 2.70. The zero-order chi connectivity index (χ0) is 12.4. The second-order valence-corrected chi connectivity index (χ2v) is 6.31. The summed E-state index contributed by atoms with van der Waals surface area (Å²) in [6.07, 6.45) is 10.1. The first-order valence-electron chi connectivity index (χ1n) is 7.02. The minimum atomic E-state index is 0.569. The van der Waals surface area contributed by atoms with Gasteiger partial charge in [0.1, 0.15) is 0 Å². The van der Waals surface area contributed by atoms with Crippen molar-refractivity contribution >= 4 is 15.9 Å². The van der Waals surface area contributed by atoms with Crippen LogP contribution in [0.3, 0.4) is 0 Å². The summed E-state index contributed by atoms with van der Waals surface area (Å²) < 4.78 is 1.20. The Kier molecular flexibility index (Phi) is 3.86. The predicted octanol–water partition coefficient (Wildman–Crippen LogP) is 4.53. The average Bonchev–Trinajstić information content (AvgIpc) is 2.99. The van der Waals surface area contributed by atoms with Crippen LogP contribution in [0.25, 0.3) is 0 Å². The fourth-order valence-corrected chi connectivity index (χ4v) is 3.54. The Morgan fingerprint density at radius 3 is 3.06 bits per heavy atom. The first-order chi connectivity index (χ1) is 8.83. The number of allylic oxidation sites excluding steroid dienone is 1. The Hall–Kier alpha value is -0.600. The Morgan fingerprint density at radius 1 is 1.28 bits per heavy atom. The molecule has 0 spiro atoms. The minimum Gasteiger partial charge on any atom is -0.310 e. The third-order valence-corrected chi connectivity index (χ3v) is 4.65. The molecule has 0 saturated carbocycles. The van der Waals surface area contributed by atoms with Crippen molar-refractivity contribution < 1.29 is 0 Å². The van der Waals surface area contributed by atoms with Crippen LogP contribution < -0.4 is 5.32 Å². The maximum absolute atomic E-state index is 3.73. The van der Waals surface area contributed by atoms with Gasteiger partial charge >= 0.3 is 0 Å². The molecule has 0 fully saturated rings. The quantitative estimate of drug-likeness (QED) is 0.806. The fraction of sp³-hybridized carbons (Fsp3) is 0.500. The van der Waals surface area contributed by atoms with Crippen LogP contribution in [0, 0.1) is 0 Å². The van der Waals surface area contributed by atoms with Crippen LogP contribution in [0.15, 0.2) is 34.3 Å². The van der Waals surface area contributed by atoms with Gasteiger partial charge in [-0.2, -0.15) is 0 Å². The summed E-state index contributed by atoms with van der Waals surface area (Å²) in [6, 6.07) is 7.28. The molecular formula is C16H20BrN. The van der Waals surface area contributed by atoms with Crippen LogP contribution in [0.5, 0.6) is 0 Å². The summed E-state index contributed by atoms with van der Waals surface area (Å²) in [5.74, 6) is 0. The summed E-state index contributed by atoms with van der Waals surface area (Å²) in [6.45, 7) is 1.13. The highest BCUT2D eigenvalue weighted by atomic mass is 79.9. The van der Waals surface area contributed by atoms with Crippen LogP contribution in [0.2, 0.25) is 0 Å². The summed E-state index contributed by atoms with van der Waals surface area (Å²) in [5.41, 5.74) is 4.69. The molecule has 0 aliphatic heterocycles. The van der Waals surface area contributed by atoms with Crippen molar-refractivity contribution in [2.75, 3.05) is 6.54 Å². The lowest BCUT2D eigenvalue weighted by molar-refractivity contribution is 0.531. The highest BCUT2D eigenvalue weighted by Crippen LogP contribution is 2.33. The van der Waals surface area contributed by atoms with Crippen LogP contribution in [-0.2, 0) is 6.42 Å². The zero-order valence-electron chi connectivity index (χ0n) is 10.7. The lowest BCUT2D eigenvalue weighted by Crippen LogP contribution is -2.20. The molecule has 0 radical (unpaired) electrons. The Morgan fingerprint density at radius 2 is 2.22 bits per heavy atom. The molecule has 18 heavy (non-hydrogen) atoms. The number of rotatable bonds is 4. The van der Waals surface area contributed by atoms with Gasteiger partial charge < -0.3 is 5.32 Å². The molecule has 1 atom stereocenters. The lowest BCUT2D eigenvalue weighted by Gasteiger charge is -2.14. The lowest BCUT2D eigenvalue weighted by atomic mass is 10.1. The van der Waals surface area contributed by atoms with Gasteiger partial charge in [-0.25, -0.2) is 0 Å². The van der Waals surface area contributed by atoms with Gasteiger partial charge in [0.05, 0.1) is 0 Å². The van der Waals surface area contributed by atoms with Gasteiger partial charge in [0.2, 0.25) is 0 Å². The average molecular weight is 306 g/mol. The number of fused-ring (bicyclic) bond motifs is 1. The number of benzene rings is 1. The van der Waals surface area contributed by atoms with E-state index in [0.717, 1.165) is 6.54 Å². The normalized spacial score (nSPS) is 22.1. The number of nitrogens with one attached hydrogen (secondary N) is 1. The van der Waals surface area contributed by atoms with E-state index >= 15 is 0 Å². The smallest absolute Gasteiger partial charge is 0.0326 e. The molecule has 2 aliphatic rings. The van der Waals surface area contributed by atoms with Gasteiger partial charge in [-0.05, 0) is 68.3 Å². The third-order valence-electron chi connectivity index (χ3n) is 4.16. The van der Waals surface area contributed by atoms with Crippen molar-refractivity contribution in [2.24, 2.45) is 0 Å². The van der Waals surface area contributed by atoms with Crippen LogP contribution in [0.4, 0.5) is 0 Å². The van der Waals surface area contributed by atoms with E-state index < -0.39 is 0 Å². The Balaban J connectivity index is 1.57. The topological polar surface area (TPSA) is 12.0 Å². The SMILES string of the molecule is Brc1ccc2c(c1)C(NCCC1=CCCC1)CC2. The minimum absolute atomic E-state index is 0.569. The van der Waals surface area contributed by atoms with E-state index in [4.69, 9.17) is 0 Å². The van der Waals surface area contributed by atoms with E-state index in [-0.39, 0.29) is 0 Å². The molecule has 1 unspecified atom stereocenters. The summed E-state index contributed by atoms with van der Waals surface area (Å²) in [7, 11) is 0. The maximum atomic E-state index is 3.73. The van der Waals surface area contributed by atoms with E-state index in [9.17, 15) is 0 Å². The molecule has 96 valence electrons. The molecule has 3 rings (SSSR count). The second kappa shape index (κ2) is 5.58. The highest BCUT2D eigenvalue weighted by molar-refractivity contribution is 9.10. The van der Waals surface area contributed by atoms with Gasteiger partial charge in [-0.3, -0.25) is 0 Å². The monoisotopic (exact) mass is 305 g/mol. The zero-order valence-corrected chi connectivity index (χ0v) is 12.3. The number of halogens is 1. The van der Waals surface area contributed by atoms with E-state index in [1.807, 2.05) is 0 Å². The fourth-order valence-electron chi connectivity index (χ4n) is 3.16. The van der Waals surface area contributed by atoms with Crippen molar-refractivity contribution in [1.29, 1.82) is 0 Å². The number of aryl methyl sites for hydroxylation is 1. The first kappa shape index (κ1) is 12.4. The molecular weight excluding hydrogens is 286 g/mol. The second-order valence-electron chi connectivity index (χ2n) is 5.39. The summed E-state index contributed by atoms with van der Waals surface area (Å²) >= 11 is 3.58. The molecule has 0 bridgehead atoms. The van der Waals surface area contributed by atoms with Crippen molar-refractivity contribution in [3.8, 4) is 0 Å². The van der Waals surface area contributed by atoms with Crippen molar-refractivity contribution in [3.63, 3.8) is 0 Å². The van der Waals surface area contributed by atoms with Crippen LogP contribution in [0.1, 0.15) is 49.3 Å². The molecule has 1 aromatic carbocycles. The standard InChI is InChI=1S/C16H20BrN/c17-14-7-5-13-6-8-16(15(13)11-14)18-10-9-12-3-1-2-4-12/h3,5,7,11,16,18H,1-2,4,6,8-10H2. The molecule has 1 nitrogen and oxygen atoms in total. The van der Waals surface area contributed by atoms with E-state index in [1.165, 1.54) is 54.1 Å². The Bertz CT molecular complexity index is 464.